The lowest BCUT2D eigenvalue weighted by Crippen LogP contribution is -2.40. The summed E-state index contributed by atoms with van der Waals surface area (Å²) in [6.45, 7) is 9.15. The van der Waals surface area contributed by atoms with Crippen LogP contribution in [0, 0.1) is 11.8 Å². The van der Waals surface area contributed by atoms with Gasteiger partial charge in [0.1, 0.15) is 6.26 Å². The van der Waals surface area contributed by atoms with Gasteiger partial charge >= 0.3 is 5.97 Å². The Hall–Kier alpha value is -2.05. The number of hydrogen-bond acceptors (Lipinski definition) is 6. The zero-order chi connectivity index (χ0) is 16.3. The van der Waals surface area contributed by atoms with Gasteiger partial charge in [-0.15, -0.1) is 0 Å². The third kappa shape index (κ3) is 3.58. The number of esters is 1. The number of anilines is 1. The van der Waals surface area contributed by atoms with Gasteiger partial charge in [-0.3, -0.25) is 4.79 Å². The number of nitrogens with one attached hydrogen (secondary N) is 1. The largest absolute Gasteiger partial charge is 0.461 e. The standard InChI is InChI=1S/C15H23N3O4/c1-5-21-14(20)13-8-22-15(17-13)18-6-11(9(2)3)12(7-18)16-10(4)19/h8-9,11-12H,5-7H2,1-4H3,(H,16,19)/t11-,12+/m0/s1. The molecular weight excluding hydrogens is 286 g/mol. The van der Waals surface area contributed by atoms with E-state index in [1.165, 1.54) is 13.2 Å². The molecule has 22 heavy (non-hydrogen) atoms. The predicted molar refractivity (Wildman–Crippen MR) is 80.6 cm³/mol. The number of oxazole rings is 1. The lowest BCUT2D eigenvalue weighted by molar-refractivity contribution is -0.119. The highest BCUT2D eigenvalue weighted by Crippen LogP contribution is 2.28. The molecule has 2 rings (SSSR count). The monoisotopic (exact) mass is 309 g/mol. The minimum atomic E-state index is -0.490. The summed E-state index contributed by atoms with van der Waals surface area (Å²) in [5.74, 6) is 0.191. The second kappa shape index (κ2) is 6.81. The van der Waals surface area contributed by atoms with Gasteiger partial charge in [0.25, 0.3) is 6.01 Å². The van der Waals surface area contributed by atoms with Crippen LogP contribution in [0.5, 0.6) is 0 Å². The maximum Gasteiger partial charge on any atom is 0.360 e. The summed E-state index contributed by atoms with van der Waals surface area (Å²) in [5, 5.41) is 2.98. The third-order valence-corrected chi connectivity index (χ3v) is 3.86. The molecule has 1 fully saturated rings. The van der Waals surface area contributed by atoms with Crippen molar-refractivity contribution < 1.29 is 18.7 Å². The van der Waals surface area contributed by atoms with Gasteiger partial charge in [0.15, 0.2) is 5.69 Å². The predicted octanol–water partition coefficient (Wildman–Crippen LogP) is 1.45. The zero-order valence-electron chi connectivity index (χ0n) is 13.5. The minimum absolute atomic E-state index is 0.0443. The van der Waals surface area contributed by atoms with E-state index in [1.807, 2.05) is 4.90 Å². The maximum atomic E-state index is 11.6. The Kier molecular flexibility index (Phi) is 5.05. The Morgan fingerprint density at radius 3 is 2.82 bits per heavy atom. The average molecular weight is 309 g/mol. The molecular formula is C15H23N3O4. The van der Waals surface area contributed by atoms with Crippen molar-refractivity contribution in [2.24, 2.45) is 11.8 Å². The summed E-state index contributed by atoms with van der Waals surface area (Å²) in [4.78, 5) is 29.1. The lowest BCUT2D eigenvalue weighted by atomic mass is 9.91. The van der Waals surface area contributed by atoms with E-state index in [4.69, 9.17) is 9.15 Å². The molecule has 1 saturated heterocycles. The molecule has 0 aromatic carbocycles. The van der Waals surface area contributed by atoms with Crippen molar-refractivity contribution in [1.29, 1.82) is 0 Å². The molecule has 0 unspecified atom stereocenters. The Balaban J connectivity index is 2.10. The highest BCUT2D eigenvalue weighted by atomic mass is 16.5. The van der Waals surface area contributed by atoms with Gasteiger partial charge in [0, 0.05) is 25.9 Å². The fraction of sp³-hybridized carbons (Fsp3) is 0.667. The van der Waals surface area contributed by atoms with Crippen molar-refractivity contribution in [3.8, 4) is 0 Å². The van der Waals surface area contributed by atoms with Gasteiger partial charge < -0.3 is 19.4 Å². The first-order valence-corrected chi connectivity index (χ1v) is 7.57. The molecule has 0 radical (unpaired) electrons. The van der Waals surface area contributed by atoms with Gasteiger partial charge in [0.2, 0.25) is 5.91 Å². The van der Waals surface area contributed by atoms with Gasteiger partial charge in [0.05, 0.1) is 12.6 Å². The van der Waals surface area contributed by atoms with E-state index in [0.717, 1.165) is 6.54 Å². The second-order valence-corrected chi connectivity index (χ2v) is 5.86. The maximum absolute atomic E-state index is 11.6. The number of nitrogens with zero attached hydrogens (tertiary/aromatic N) is 2. The first-order valence-electron chi connectivity index (χ1n) is 7.57. The highest BCUT2D eigenvalue weighted by Gasteiger charge is 2.37. The van der Waals surface area contributed by atoms with Crippen molar-refractivity contribution in [1.82, 2.24) is 10.3 Å². The molecule has 2 heterocycles. The van der Waals surface area contributed by atoms with Crippen LogP contribution >= 0.6 is 0 Å². The Labute approximate surface area is 130 Å². The van der Waals surface area contributed by atoms with Crippen LogP contribution < -0.4 is 10.2 Å². The molecule has 0 bridgehead atoms. The Morgan fingerprint density at radius 1 is 1.50 bits per heavy atom. The van der Waals surface area contributed by atoms with E-state index in [1.54, 1.807) is 6.92 Å². The molecule has 0 spiro atoms. The summed E-state index contributed by atoms with van der Waals surface area (Å²) in [7, 11) is 0. The van der Waals surface area contributed by atoms with Crippen LogP contribution in [0.2, 0.25) is 0 Å². The van der Waals surface area contributed by atoms with Crippen molar-refractivity contribution >= 4 is 17.9 Å². The van der Waals surface area contributed by atoms with Crippen LogP contribution in [0.1, 0.15) is 38.2 Å². The molecule has 1 aromatic rings. The van der Waals surface area contributed by atoms with E-state index in [-0.39, 0.29) is 17.6 Å². The highest BCUT2D eigenvalue weighted by molar-refractivity contribution is 5.87. The lowest BCUT2D eigenvalue weighted by Gasteiger charge is -2.21. The number of ether oxygens (including phenoxy) is 1. The van der Waals surface area contributed by atoms with E-state index in [2.05, 4.69) is 24.1 Å². The molecule has 1 aliphatic heterocycles. The summed E-state index contributed by atoms with van der Waals surface area (Å²) in [6.07, 6.45) is 1.31. The van der Waals surface area contributed by atoms with Crippen molar-refractivity contribution in [3.05, 3.63) is 12.0 Å². The van der Waals surface area contributed by atoms with Crippen LogP contribution in [-0.2, 0) is 9.53 Å². The number of hydrogen-bond donors (Lipinski definition) is 1. The zero-order valence-corrected chi connectivity index (χ0v) is 13.5. The molecule has 1 N–H and O–H groups in total. The van der Waals surface area contributed by atoms with Gasteiger partial charge in [-0.25, -0.2) is 4.79 Å². The topological polar surface area (TPSA) is 84.7 Å². The fourth-order valence-corrected chi connectivity index (χ4v) is 2.78. The van der Waals surface area contributed by atoms with Crippen molar-refractivity contribution in [2.75, 3.05) is 24.6 Å². The molecule has 2 atom stereocenters. The van der Waals surface area contributed by atoms with Crippen LogP contribution in [0.15, 0.2) is 10.7 Å². The molecule has 7 heteroatoms. The molecule has 122 valence electrons. The molecule has 7 nitrogen and oxygen atoms in total. The number of amides is 1. The summed E-state index contributed by atoms with van der Waals surface area (Å²) in [6, 6.07) is 0.442. The first-order chi connectivity index (χ1) is 10.4. The first kappa shape index (κ1) is 16.3. The number of rotatable bonds is 5. The molecule has 1 amide bonds. The smallest absolute Gasteiger partial charge is 0.360 e. The SMILES string of the molecule is CCOC(=O)c1coc(N2C[C@@H](NC(C)=O)[C@H](C(C)C)C2)n1. The fourth-order valence-electron chi connectivity index (χ4n) is 2.78. The minimum Gasteiger partial charge on any atom is -0.461 e. The summed E-state index contributed by atoms with van der Waals surface area (Å²) >= 11 is 0. The van der Waals surface area contributed by atoms with Crippen LogP contribution in [-0.4, -0.2) is 42.6 Å². The number of carbonyl (C=O) groups is 2. The average Bonchev–Trinajstić information content (AvgIpc) is 3.04. The number of carbonyl (C=O) groups excluding carboxylic acids is 2. The second-order valence-electron chi connectivity index (χ2n) is 5.86. The van der Waals surface area contributed by atoms with E-state index in [0.29, 0.717) is 31.0 Å². The van der Waals surface area contributed by atoms with Gasteiger partial charge in [-0.1, -0.05) is 13.8 Å². The number of aromatic nitrogens is 1. The Bertz CT molecular complexity index is 541. The third-order valence-electron chi connectivity index (χ3n) is 3.86. The van der Waals surface area contributed by atoms with Gasteiger partial charge in [-0.2, -0.15) is 4.98 Å². The Morgan fingerprint density at radius 2 is 2.23 bits per heavy atom. The van der Waals surface area contributed by atoms with Crippen LogP contribution in [0.25, 0.3) is 0 Å². The van der Waals surface area contributed by atoms with Crippen LogP contribution in [0.4, 0.5) is 6.01 Å². The van der Waals surface area contributed by atoms with Crippen molar-refractivity contribution in [3.63, 3.8) is 0 Å². The summed E-state index contributed by atoms with van der Waals surface area (Å²) in [5.41, 5.74) is 0.168. The quantitative estimate of drug-likeness (QED) is 0.829. The van der Waals surface area contributed by atoms with Crippen molar-refractivity contribution in [2.45, 2.75) is 33.7 Å². The van der Waals surface area contributed by atoms with E-state index < -0.39 is 5.97 Å². The van der Waals surface area contributed by atoms with E-state index in [9.17, 15) is 9.59 Å². The normalized spacial score (nSPS) is 21.2. The van der Waals surface area contributed by atoms with E-state index >= 15 is 0 Å². The summed E-state index contributed by atoms with van der Waals surface area (Å²) < 4.78 is 10.3. The van der Waals surface area contributed by atoms with Gasteiger partial charge in [-0.05, 0) is 12.8 Å². The molecule has 0 aliphatic carbocycles. The van der Waals surface area contributed by atoms with Crippen LogP contribution in [0.3, 0.4) is 0 Å². The molecule has 0 saturated carbocycles. The molecule has 1 aliphatic rings. The molecule has 1 aromatic heterocycles.